The standard InChI is InChI=1S/C31H49NO3/c1-5-24(3)22-31(28-16-8-7-9-17-28)18-11-15-27(21-26-13-10-14-26)25(4)30(34)32(20-12-19-31)23-29(33)35-6-2/h7-9,16-17,24-27H,5-6,10-15,18-23H2,1-4H3/t24?,25?,27?,31-/m0/s1. The molecule has 4 atom stereocenters. The molecule has 4 nitrogen and oxygen atoms in total. The molecule has 4 heteroatoms. The molecule has 3 unspecified atom stereocenters. The second kappa shape index (κ2) is 13.5. The van der Waals surface area contributed by atoms with E-state index in [1.54, 1.807) is 0 Å². The Hall–Kier alpha value is -1.84. The molecule has 1 aliphatic carbocycles. The van der Waals surface area contributed by atoms with Crippen LogP contribution in [0.5, 0.6) is 0 Å². The number of rotatable bonds is 9. The molecule has 0 aromatic heterocycles. The van der Waals surface area contributed by atoms with Crippen LogP contribution >= 0.6 is 0 Å². The lowest BCUT2D eigenvalue weighted by Gasteiger charge is -2.38. The maximum Gasteiger partial charge on any atom is 0.325 e. The minimum atomic E-state index is -0.285. The number of esters is 1. The van der Waals surface area contributed by atoms with Crippen molar-refractivity contribution in [2.24, 2.45) is 23.7 Å². The van der Waals surface area contributed by atoms with Gasteiger partial charge in [0.25, 0.3) is 0 Å². The molecule has 2 fully saturated rings. The van der Waals surface area contributed by atoms with Crippen LogP contribution in [0.1, 0.15) is 104 Å². The van der Waals surface area contributed by atoms with Crippen molar-refractivity contribution in [3.8, 4) is 0 Å². The first-order chi connectivity index (χ1) is 16.9. The van der Waals surface area contributed by atoms with Crippen LogP contribution < -0.4 is 0 Å². The summed E-state index contributed by atoms with van der Waals surface area (Å²) in [4.78, 5) is 27.9. The molecule has 1 amide bonds. The van der Waals surface area contributed by atoms with Crippen molar-refractivity contribution in [3.05, 3.63) is 35.9 Å². The van der Waals surface area contributed by atoms with Gasteiger partial charge in [-0.1, -0.05) is 83.2 Å². The molecule has 196 valence electrons. The lowest BCUT2D eigenvalue weighted by Crippen LogP contribution is -2.42. The van der Waals surface area contributed by atoms with Crippen LogP contribution in [0.25, 0.3) is 0 Å². The van der Waals surface area contributed by atoms with Gasteiger partial charge in [0.15, 0.2) is 0 Å². The molecule has 1 heterocycles. The van der Waals surface area contributed by atoms with E-state index >= 15 is 0 Å². The average molecular weight is 484 g/mol. The molecule has 1 aromatic rings. The van der Waals surface area contributed by atoms with Crippen molar-refractivity contribution in [1.29, 1.82) is 0 Å². The molecule has 0 bridgehead atoms. The fourth-order valence-corrected chi connectivity index (χ4v) is 6.50. The highest BCUT2D eigenvalue weighted by atomic mass is 16.5. The summed E-state index contributed by atoms with van der Waals surface area (Å²) >= 11 is 0. The Morgan fingerprint density at radius 2 is 1.80 bits per heavy atom. The molecule has 0 spiro atoms. The Morgan fingerprint density at radius 3 is 2.43 bits per heavy atom. The second-order valence-corrected chi connectivity index (χ2v) is 11.5. The molecule has 1 saturated carbocycles. The van der Waals surface area contributed by atoms with E-state index in [-0.39, 0.29) is 29.8 Å². The molecule has 35 heavy (non-hydrogen) atoms. The minimum Gasteiger partial charge on any atom is -0.465 e. The molecule has 3 rings (SSSR count). The average Bonchev–Trinajstić information content (AvgIpc) is 2.85. The zero-order chi connectivity index (χ0) is 25.3. The molecule has 2 aliphatic rings. The van der Waals surface area contributed by atoms with Crippen LogP contribution in [-0.4, -0.2) is 36.5 Å². The third-order valence-corrected chi connectivity index (χ3v) is 9.03. The SMILES string of the molecule is CCOC(=O)CN1CCC[C@@](CC(C)CC)(c2ccccc2)CCCC(CC2CCC2)C(C)C1=O. The molecule has 1 aliphatic heterocycles. The van der Waals surface area contributed by atoms with Crippen LogP contribution in [0, 0.1) is 23.7 Å². The normalized spacial score (nSPS) is 27.5. The van der Waals surface area contributed by atoms with Gasteiger partial charge in [-0.25, -0.2) is 0 Å². The van der Waals surface area contributed by atoms with E-state index in [1.807, 2.05) is 11.8 Å². The summed E-state index contributed by atoms with van der Waals surface area (Å²) in [6.07, 6.45) is 12.9. The van der Waals surface area contributed by atoms with Gasteiger partial charge in [-0.05, 0) is 74.2 Å². The zero-order valence-corrected chi connectivity index (χ0v) is 22.8. The Kier molecular flexibility index (Phi) is 10.7. The third-order valence-electron chi connectivity index (χ3n) is 9.03. The van der Waals surface area contributed by atoms with E-state index in [9.17, 15) is 9.59 Å². The van der Waals surface area contributed by atoms with Gasteiger partial charge in [-0.3, -0.25) is 9.59 Å². The van der Waals surface area contributed by atoms with E-state index in [0.29, 0.717) is 25.0 Å². The van der Waals surface area contributed by atoms with Gasteiger partial charge in [0.1, 0.15) is 6.54 Å². The first-order valence-electron chi connectivity index (χ1n) is 14.4. The van der Waals surface area contributed by atoms with Crippen LogP contribution in [0.15, 0.2) is 30.3 Å². The number of hydrogen-bond donors (Lipinski definition) is 0. The first kappa shape index (κ1) is 27.7. The Morgan fingerprint density at radius 1 is 1.09 bits per heavy atom. The smallest absolute Gasteiger partial charge is 0.325 e. The van der Waals surface area contributed by atoms with Crippen LogP contribution in [-0.2, 0) is 19.7 Å². The maximum atomic E-state index is 13.7. The lowest BCUT2D eigenvalue weighted by molar-refractivity contribution is -0.151. The van der Waals surface area contributed by atoms with Crippen molar-refractivity contribution in [3.63, 3.8) is 0 Å². The van der Waals surface area contributed by atoms with Crippen molar-refractivity contribution in [2.45, 2.75) is 104 Å². The molecular weight excluding hydrogens is 434 g/mol. The van der Waals surface area contributed by atoms with Crippen molar-refractivity contribution >= 4 is 11.9 Å². The molecule has 1 saturated heterocycles. The number of carbonyl (C=O) groups excluding carboxylic acids is 2. The van der Waals surface area contributed by atoms with E-state index in [0.717, 1.165) is 38.0 Å². The first-order valence-corrected chi connectivity index (χ1v) is 14.4. The molecule has 1 aromatic carbocycles. The second-order valence-electron chi connectivity index (χ2n) is 11.5. The largest absolute Gasteiger partial charge is 0.465 e. The van der Waals surface area contributed by atoms with Crippen molar-refractivity contribution in [2.75, 3.05) is 19.7 Å². The highest BCUT2D eigenvalue weighted by Gasteiger charge is 2.37. The lowest BCUT2D eigenvalue weighted by atomic mass is 9.67. The highest BCUT2D eigenvalue weighted by Crippen LogP contribution is 2.44. The number of benzene rings is 1. The monoisotopic (exact) mass is 483 g/mol. The number of carbonyl (C=O) groups is 2. The topological polar surface area (TPSA) is 46.6 Å². The fraction of sp³-hybridized carbons (Fsp3) is 0.742. The van der Waals surface area contributed by atoms with Crippen LogP contribution in [0.3, 0.4) is 0 Å². The summed E-state index contributed by atoms with van der Waals surface area (Å²) in [6, 6.07) is 11.1. The van der Waals surface area contributed by atoms with Gasteiger partial charge in [-0.2, -0.15) is 0 Å². The van der Waals surface area contributed by atoms with Gasteiger partial charge in [0, 0.05) is 12.5 Å². The van der Waals surface area contributed by atoms with E-state index in [4.69, 9.17) is 4.74 Å². The Labute approximate surface area is 214 Å². The third kappa shape index (κ3) is 7.57. The van der Waals surface area contributed by atoms with Gasteiger partial charge in [0.2, 0.25) is 5.91 Å². The molecular formula is C31H49NO3. The summed E-state index contributed by atoms with van der Waals surface area (Å²) in [5, 5.41) is 0. The zero-order valence-electron chi connectivity index (χ0n) is 22.8. The van der Waals surface area contributed by atoms with Gasteiger partial charge in [-0.15, -0.1) is 0 Å². The maximum absolute atomic E-state index is 13.7. The van der Waals surface area contributed by atoms with Crippen LogP contribution in [0.4, 0.5) is 0 Å². The number of ether oxygens (including phenoxy) is 1. The van der Waals surface area contributed by atoms with E-state index < -0.39 is 0 Å². The van der Waals surface area contributed by atoms with E-state index in [1.165, 1.54) is 44.1 Å². The predicted molar refractivity (Wildman–Crippen MR) is 143 cm³/mol. The van der Waals surface area contributed by atoms with Gasteiger partial charge >= 0.3 is 5.97 Å². The van der Waals surface area contributed by atoms with Crippen molar-refractivity contribution < 1.29 is 14.3 Å². The summed E-state index contributed by atoms with van der Waals surface area (Å²) in [6.45, 7) is 9.69. The fourth-order valence-electron chi connectivity index (χ4n) is 6.50. The van der Waals surface area contributed by atoms with Crippen molar-refractivity contribution in [1.82, 2.24) is 4.90 Å². The van der Waals surface area contributed by atoms with Gasteiger partial charge < -0.3 is 9.64 Å². The number of amides is 1. The Bertz CT molecular complexity index is 790. The summed E-state index contributed by atoms with van der Waals surface area (Å²) < 4.78 is 5.24. The number of hydrogen-bond acceptors (Lipinski definition) is 3. The summed E-state index contributed by atoms with van der Waals surface area (Å²) in [7, 11) is 0. The molecule has 0 radical (unpaired) electrons. The van der Waals surface area contributed by atoms with E-state index in [2.05, 4.69) is 51.1 Å². The highest BCUT2D eigenvalue weighted by molar-refractivity contribution is 5.83. The quantitative estimate of drug-likeness (QED) is 0.350. The summed E-state index contributed by atoms with van der Waals surface area (Å²) in [5.74, 6) is 1.65. The van der Waals surface area contributed by atoms with Crippen LogP contribution in [0.2, 0.25) is 0 Å². The molecule has 0 N–H and O–H groups in total. The van der Waals surface area contributed by atoms with Gasteiger partial charge in [0.05, 0.1) is 6.61 Å². The predicted octanol–water partition coefficient (Wildman–Crippen LogP) is 7.16. The number of nitrogens with zero attached hydrogens (tertiary/aromatic N) is 1. The minimum absolute atomic E-state index is 0.0381. The Balaban J connectivity index is 1.90. The summed E-state index contributed by atoms with van der Waals surface area (Å²) in [5.41, 5.74) is 1.58.